The highest BCUT2D eigenvalue weighted by atomic mass is 127. The van der Waals surface area contributed by atoms with Crippen LogP contribution in [0, 0.1) is 7.14 Å². The maximum atomic E-state index is 10.4. The predicted octanol–water partition coefficient (Wildman–Crippen LogP) is 3.51. The number of benzene rings is 1. The first-order chi connectivity index (χ1) is 9.63. The monoisotopic (exact) mass is 498 g/mol. The molecule has 0 aliphatic carbocycles. The summed E-state index contributed by atoms with van der Waals surface area (Å²) in [7, 11) is 0. The highest BCUT2D eigenvalue weighted by Crippen LogP contribution is 2.36. The normalized spacial score (nSPS) is 17.9. The van der Waals surface area contributed by atoms with Gasteiger partial charge < -0.3 is 10.4 Å². The average molecular weight is 498 g/mol. The third-order valence-electron chi connectivity index (χ3n) is 3.65. The lowest BCUT2D eigenvalue weighted by Crippen LogP contribution is -2.45. The van der Waals surface area contributed by atoms with Gasteiger partial charge in [0.1, 0.15) is 5.75 Å². The Morgan fingerprint density at radius 2 is 2.05 bits per heavy atom. The van der Waals surface area contributed by atoms with Gasteiger partial charge in [0.25, 0.3) is 0 Å². The van der Waals surface area contributed by atoms with E-state index >= 15 is 0 Å². The lowest BCUT2D eigenvalue weighted by atomic mass is 9.98. The van der Waals surface area contributed by atoms with Crippen LogP contribution in [0.2, 0.25) is 0 Å². The molecule has 1 fully saturated rings. The molecular formula is C15H20I2N2O. The highest BCUT2D eigenvalue weighted by molar-refractivity contribution is 14.1. The van der Waals surface area contributed by atoms with Gasteiger partial charge in [-0.1, -0.05) is 6.08 Å². The van der Waals surface area contributed by atoms with E-state index in [1.165, 1.54) is 3.57 Å². The van der Waals surface area contributed by atoms with Gasteiger partial charge in [0.05, 0.1) is 3.57 Å². The van der Waals surface area contributed by atoms with Gasteiger partial charge in [-0.3, -0.25) is 4.90 Å². The summed E-state index contributed by atoms with van der Waals surface area (Å²) < 4.78 is 2.11. The molecule has 2 N–H and O–H groups in total. The molecule has 5 heteroatoms. The summed E-state index contributed by atoms with van der Waals surface area (Å²) in [6, 6.07) is 4.41. The summed E-state index contributed by atoms with van der Waals surface area (Å²) in [6.45, 7) is 7.94. The lowest BCUT2D eigenvalue weighted by Gasteiger charge is -2.35. The molecule has 3 nitrogen and oxygen atoms in total. The maximum absolute atomic E-state index is 10.4. The first-order valence-electron chi connectivity index (χ1n) is 6.87. The van der Waals surface area contributed by atoms with Crippen molar-refractivity contribution in [3.8, 4) is 5.75 Å². The van der Waals surface area contributed by atoms with Crippen LogP contribution in [0.3, 0.4) is 0 Å². The van der Waals surface area contributed by atoms with E-state index in [9.17, 15) is 5.11 Å². The Morgan fingerprint density at radius 1 is 1.35 bits per heavy atom. The second-order valence-electron chi connectivity index (χ2n) is 4.99. The summed E-state index contributed by atoms with van der Waals surface area (Å²) in [5.74, 6) is 0.443. The maximum Gasteiger partial charge on any atom is 0.133 e. The third kappa shape index (κ3) is 4.08. The average Bonchev–Trinajstić information content (AvgIpc) is 2.45. The van der Waals surface area contributed by atoms with Crippen LogP contribution < -0.4 is 5.32 Å². The molecule has 1 aliphatic rings. The Hall–Kier alpha value is 0.140. The molecular weight excluding hydrogens is 478 g/mol. The quantitative estimate of drug-likeness (QED) is 0.482. The van der Waals surface area contributed by atoms with E-state index in [-0.39, 0.29) is 6.04 Å². The fraction of sp³-hybridized carbons (Fsp3) is 0.467. The molecule has 0 radical (unpaired) electrons. The molecule has 110 valence electrons. The van der Waals surface area contributed by atoms with Gasteiger partial charge in [-0.05, 0) is 70.2 Å². The van der Waals surface area contributed by atoms with E-state index < -0.39 is 0 Å². The van der Waals surface area contributed by atoms with Crippen LogP contribution in [-0.2, 0) is 0 Å². The molecule has 1 aromatic carbocycles. The lowest BCUT2D eigenvalue weighted by molar-refractivity contribution is 0.163. The molecule has 0 aromatic heterocycles. The molecule has 2 rings (SSSR count). The Morgan fingerprint density at radius 3 is 2.70 bits per heavy atom. The third-order valence-corrected chi connectivity index (χ3v) is 5.10. The van der Waals surface area contributed by atoms with Gasteiger partial charge in [0.15, 0.2) is 0 Å². The number of halogens is 2. The van der Waals surface area contributed by atoms with Crippen molar-refractivity contribution in [1.82, 2.24) is 10.2 Å². The zero-order chi connectivity index (χ0) is 14.5. The minimum Gasteiger partial charge on any atom is -0.506 e. The molecule has 1 heterocycles. The van der Waals surface area contributed by atoms with Gasteiger partial charge in [0.2, 0.25) is 0 Å². The highest BCUT2D eigenvalue weighted by Gasteiger charge is 2.25. The van der Waals surface area contributed by atoms with Gasteiger partial charge in [-0.15, -0.1) is 6.58 Å². The molecule has 0 unspecified atom stereocenters. The fourth-order valence-electron chi connectivity index (χ4n) is 2.64. The van der Waals surface area contributed by atoms with Crippen molar-refractivity contribution in [2.45, 2.75) is 18.9 Å². The zero-order valence-electron chi connectivity index (χ0n) is 11.4. The molecule has 1 aromatic rings. The first-order valence-corrected chi connectivity index (χ1v) is 9.02. The molecule has 0 amide bonds. The molecule has 1 aliphatic heterocycles. The Balaban J connectivity index is 2.31. The van der Waals surface area contributed by atoms with Crippen molar-refractivity contribution in [3.05, 3.63) is 37.5 Å². The summed E-state index contributed by atoms with van der Waals surface area (Å²) in [4.78, 5) is 2.47. The Bertz CT molecular complexity index is 473. The van der Waals surface area contributed by atoms with E-state index in [0.717, 1.165) is 48.2 Å². The van der Waals surface area contributed by atoms with Crippen molar-refractivity contribution in [1.29, 1.82) is 0 Å². The van der Waals surface area contributed by atoms with Crippen LogP contribution in [-0.4, -0.2) is 36.2 Å². The minimum atomic E-state index is 0.276. The van der Waals surface area contributed by atoms with Gasteiger partial charge in [0, 0.05) is 41.4 Å². The Kier molecular flexibility index (Phi) is 6.57. The van der Waals surface area contributed by atoms with Crippen LogP contribution in [0.25, 0.3) is 0 Å². The molecule has 1 saturated heterocycles. The summed E-state index contributed by atoms with van der Waals surface area (Å²) in [5.41, 5.74) is 1.06. The number of nitrogens with one attached hydrogen (secondary N) is 1. The van der Waals surface area contributed by atoms with Crippen LogP contribution in [0.1, 0.15) is 24.4 Å². The largest absolute Gasteiger partial charge is 0.506 e. The van der Waals surface area contributed by atoms with Gasteiger partial charge in [-0.2, -0.15) is 0 Å². The number of phenolic OH excluding ortho intramolecular Hbond substituents is 1. The van der Waals surface area contributed by atoms with Gasteiger partial charge in [-0.25, -0.2) is 0 Å². The Labute approximate surface area is 148 Å². The number of allylic oxidation sites excluding steroid dienone is 1. The molecule has 0 saturated carbocycles. The predicted molar refractivity (Wildman–Crippen MR) is 100 cm³/mol. The summed E-state index contributed by atoms with van der Waals surface area (Å²) in [6.07, 6.45) is 3.94. The number of hydrogen-bond donors (Lipinski definition) is 2. The van der Waals surface area contributed by atoms with Crippen molar-refractivity contribution in [2.24, 2.45) is 0 Å². The van der Waals surface area contributed by atoms with Crippen LogP contribution >= 0.6 is 45.2 Å². The van der Waals surface area contributed by atoms with Crippen LogP contribution in [0.5, 0.6) is 5.75 Å². The van der Waals surface area contributed by atoms with Crippen LogP contribution in [0.15, 0.2) is 24.8 Å². The number of piperazine rings is 1. The smallest absolute Gasteiger partial charge is 0.133 e. The summed E-state index contributed by atoms with van der Waals surface area (Å²) >= 11 is 4.53. The minimum absolute atomic E-state index is 0.276. The number of rotatable bonds is 5. The summed E-state index contributed by atoms with van der Waals surface area (Å²) in [5, 5.41) is 13.8. The molecule has 0 spiro atoms. The van der Waals surface area contributed by atoms with E-state index in [2.05, 4.69) is 68.0 Å². The van der Waals surface area contributed by atoms with Crippen molar-refractivity contribution in [2.75, 3.05) is 26.2 Å². The van der Waals surface area contributed by atoms with Gasteiger partial charge >= 0.3 is 0 Å². The first kappa shape index (κ1) is 16.5. The molecule has 0 bridgehead atoms. The number of aromatic hydroxyl groups is 1. The van der Waals surface area contributed by atoms with Crippen LogP contribution in [0.4, 0.5) is 0 Å². The number of hydrogen-bond acceptors (Lipinski definition) is 3. The second kappa shape index (κ2) is 7.95. The number of nitrogens with zero attached hydrogens (tertiary/aromatic N) is 1. The zero-order valence-corrected chi connectivity index (χ0v) is 15.7. The van der Waals surface area contributed by atoms with E-state index in [1.54, 1.807) is 0 Å². The van der Waals surface area contributed by atoms with Crippen molar-refractivity contribution in [3.63, 3.8) is 0 Å². The standard InChI is InChI=1S/C15H20I2N2O/c1-2-3-4-14(19-7-5-18-6-8-19)12-9-11(16)10-13(17)15(12)20/h2,9-10,14,18,20H,1,3-8H2/t14-/m0/s1. The number of phenols is 1. The van der Waals surface area contributed by atoms with E-state index in [0.29, 0.717) is 5.75 Å². The van der Waals surface area contributed by atoms with Crippen molar-refractivity contribution < 1.29 is 5.11 Å². The fourth-order valence-corrected chi connectivity index (χ4v) is 4.53. The van der Waals surface area contributed by atoms with Crippen molar-refractivity contribution >= 4 is 45.2 Å². The second-order valence-corrected chi connectivity index (χ2v) is 7.40. The molecule has 1 atom stereocenters. The molecule has 20 heavy (non-hydrogen) atoms. The van der Waals surface area contributed by atoms with E-state index in [4.69, 9.17) is 0 Å². The SMILES string of the molecule is C=CCC[C@@H](c1cc(I)cc(I)c1O)N1CCNCC1. The topological polar surface area (TPSA) is 35.5 Å². The van der Waals surface area contributed by atoms with E-state index in [1.807, 2.05) is 12.1 Å².